The van der Waals surface area contributed by atoms with Crippen molar-refractivity contribution >= 4 is 11.6 Å². The first-order valence-electron chi connectivity index (χ1n) is 7.19. The van der Waals surface area contributed by atoms with Gasteiger partial charge in [-0.3, -0.25) is 4.90 Å². The maximum Gasteiger partial charge on any atom is 0.0602 e. The van der Waals surface area contributed by atoms with Crippen LogP contribution in [0, 0.1) is 0 Å². The number of nitrogens with zero attached hydrogens (tertiary/aromatic N) is 2. The van der Waals surface area contributed by atoms with Crippen molar-refractivity contribution in [3.05, 3.63) is 70.7 Å². The maximum absolute atomic E-state index is 13.3. The normalized spacial score (nSPS) is 18.6. The van der Waals surface area contributed by atoms with Crippen molar-refractivity contribution in [2.75, 3.05) is 26.2 Å². The van der Waals surface area contributed by atoms with E-state index >= 15 is 0 Å². The second kappa shape index (κ2) is 6.56. The fourth-order valence-corrected chi connectivity index (χ4v) is 2.98. The molecule has 3 rings (SSSR count). The Bertz CT molecular complexity index is 565. The Morgan fingerprint density at radius 3 is 2.00 bits per heavy atom. The summed E-state index contributed by atoms with van der Waals surface area (Å²) in [5.41, 5.74) is 2.42. The number of benzene rings is 2. The van der Waals surface area contributed by atoms with Crippen molar-refractivity contribution < 1.29 is 4.48 Å². The van der Waals surface area contributed by atoms with E-state index in [9.17, 15) is 4.48 Å². The monoisotopic (exact) mass is 304 g/mol. The zero-order valence-corrected chi connectivity index (χ0v) is 12.5. The molecule has 0 bridgehead atoms. The largest absolute Gasteiger partial charge is 0.290 e. The van der Waals surface area contributed by atoms with Crippen LogP contribution in [0.2, 0.25) is 5.02 Å². The van der Waals surface area contributed by atoms with Gasteiger partial charge < -0.3 is 0 Å². The highest BCUT2D eigenvalue weighted by Gasteiger charge is 2.26. The van der Waals surface area contributed by atoms with E-state index in [-0.39, 0.29) is 6.04 Å². The molecule has 0 aromatic heterocycles. The molecule has 0 amide bonds. The molecule has 0 radical (unpaired) electrons. The van der Waals surface area contributed by atoms with Crippen LogP contribution < -0.4 is 0 Å². The molecule has 1 saturated heterocycles. The van der Waals surface area contributed by atoms with Crippen LogP contribution in [-0.4, -0.2) is 36.2 Å². The Morgan fingerprint density at radius 2 is 1.38 bits per heavy atom. The third-order valence-corrected chi connectivity index (χ3v) is 4.18. The first kappa shape index (κ1) is 14.5. The third-order valence-electron chi connectivity index (χ3n) is 3.93. The van der Waals surface area contributed by atoms with E-state index in [1.54, 1.807) is 0 Å². The topological polar surface area (TPSA) is 6.48 Å². The molecule has 1 heterocycles. The molecule has 2 aromatic carbocycles. The van der Waals surface area contributed by atoms with Crippen LogP contribution in [0.5, 0.6) is 0 Å². The summed E-state index contributed by atoms with van der Waals surface area (Å²) in [6, 6.07) is 18.5. The molecule has 2 aromatic rings. The van der Waals surface area contributed by atoms with Gasteiger partial charge in [0.1, 0.15) is 0 Å². The SMILES string of the molecule is FN1CCN(C(c2ccccc2)c2ccc(Cl)cc2)CC1. The van der Waals surface area contributed by atoms with Crippen molar-refractivity contribution in [1.82, 2.24) is 10.0 Å². The van der Waals surface area contributed by atoms with Gasteiger partial charge >= 0.3 is 0 Å². The average molecular weight is 305 g/mol. The van der Waals surface area contributed by atoms with Gasteiger partial charge in [-0.25, -0.2) is 0 Å². The molecule has 0 spiro atoms. The lowest BCUT2D eigenvalue weighted by molar-refractivity contribution is -0.0286. The van der Waals surface area contributed by atoms with Crippen LogP contribution in [0.25, 0.3) is 0 Å². The van der Waals surface area contributed by atoms with Crippen LogP contribution >= 0.6 is 11.6 Å². The van der Waals surface area contributed by atoms with E-state index in [0.29, 0.717) is 13.1 Å². The lowest BCUT2D eigenvalue weighted by Crippen LogP contribution is -2.44. The molecule has 21 heavy (non-hydrogen) atoms. The second-order valence-corrected chi connectivity index (χ2v) is 5.75. The fraction of sp³-hybridized carbons (Fsp3) is 0.294. The third kappa shape index (κ3) is 3.43. The van der Waals surface area contributed by atoms with Crippen molar-refractivity contribution in [3.8, 4) is 0 Å². The van der Waals surface area contributed by atoms with E-state index in [1.165, 1.54) is 11.1 Å². The molecule has 0 N–H and O–H groups in total. The molecule has 110 valence electrons. The summed E-state index contributed by atoms with van der Waals surface area (Å²) in [5, 5.41) is 1.62. The van der Waals surface area contributed by atoms with Gasteiger partial charge in [0.25, 0.3) is 0 Å². The van der Waals surface area contributed by atoms with Gasteiger partial charge in [0, 0.05) is 31.2 Å². The molecule has 0 aliphatic carbocycles. The molecule has 1 atom stereocenters. The van der Waals surface area contributed by atoms with Crippen LogP contribution in [0.3, 0.4) is 0 Å². The van der Waals surface area contributed by atoms with Crippen LogP contribution in [0.15, 0.2) is 54.6 Å². The summed E-state index contributed by atoms with van der Waals surface area (Å²) in [6.45, 7) is 2.35. The summed E-state index contributed by atoms with van der Waals surface area (Å²) in [5.74, 6) is 0. The highest BCUT2D eigenvalue weighted by molar-refractivity contribution is 6.30. The van der Waals surface area contributed by atoms with Crippen LogP contribution in [-0.2, 0) is 0 Å². The van der Waals surface area contributed by atoms with Gasteiger partial charge in [-0.1, -0.05) is 54.1 Å². The van der Waals surface area contributed by atoms with E-state index in [4.69, 9.17) is 11.6 Å². The minimum atomic E-state index is 0.150. The Morgan fingerprint density at radius 1 is 0.810 bits per heavy atom. The molecule has 1 unspecified atom stereocenters. The molecule has 1 fully saturated rings. The predicted molar refractivity (Wildman–Crippen MR) is 84.0 cm³/mol. The predicted octanol–water partition coefficient (Wildman–Crippen LogP) is 3.93. The van der Waals surface area contributed by atoms with Gasteiger partial charge in [0.05, 0.1) is 6.04 Å². The van der Waals surface area contributed by atoms with E-state index in [0.717, 1.165) is 23.2 Å². The Labute approximate surface area is 129 Å². The maximum atomic E-state index is 13.3. The Hall–Kier alpha value is -1.42. The highest BCUT2D eigenvalue weighted by atomic mass is 35.5. The second-order valence-electron chi connectivity index (χ2n) is 5.31. The van der Waals surface area contributed by atoms with Crippen LogP contribution in [0.1, 0.15) is 17.2 Å². The molecule has 1 aliphatic rings. The summed E-state index contributed by atoms with van der Waals surface area (Å²) in [7, 11) is 0. The molecular weight excluding hydrogens is 287 g/mol. The zero-order valence-electron chi connectivity index (χ0n) is 11.8. The fourth-order valence-electron chi connectivity index (χ4n) is 2.85. The van der Waals surface area contributed by atoms with Crippen molar-refractivity contribution in [2.45, 2.75) is 6.04 Å². The molecular formula is C17H18ClFN2. The van der Waals surface area contributed by atoms with E-state index in [1.807, 2.05) is 30.3 Å². The Balaban J connectivity index is 1.93. The minimum Gasteiger partial charge on any atom is -0.290 e. The van der Waals surface area contributed by atoms with Gasteiger partial charge in [-0.05, 0) is 23.3 Å². The number of rotatable bonds is 3. The summed E-state index contributed by atoms with van der Waals surface area (Å²) < 4.78 is 13.3. The van der Waals surface area contributed by atoms with Gasteiger partial charge in [-0.2, -0.15) is 0 Å². The van der Waals surface area contributed by atoms with Crippen molar-refractivity contribution in [3.63, 3.8) is 0 Å². The summed E-state index contributed by atoms with van der Waals surface area (Å²) in [4.78, 5) is 2.33. The average Bonchev–Trinajstić information content (AvgIpc) is 2.52. The quantitative estimate of drug-likeness (QED) is 0.793. The first-order valence-corrected chi connectivity index (χ1v) is 7.57. The number of piperazine rings is 1. The van der Waals surface area contributed by atoms with E-state index < -0.39 is 0 Å². The van der Waals surface area contributed by atoms with Gasteiger partial charge in [-0.15, -0.1) is 9.60 Å². The van der Waals surface area contributed by atoms with Crippen molar-refractivity contribution in [1.29, 1.82) is 0 Å². The number of halogens is 2. The first-order chi connectivity index (χ1) is 10.2. The molecule has 0 saturated carbocycles. The lowest BCUT2D eigenvalue weighted by atomic mass is 9.96. The smallest absolute Gasteiger partial charge is 0.0602 e. The van der Waals surface area contributed by atoms with Crippen LogP contribution in [0.4, 0.5) is 4.48 Å². The zero-order chi connectivity index (χ0) is 14.7. The molecule has 4 heteroatoms. The standard InChI is InChI=1S/C17H18ClFN2/c18-16-8-6-15(7-9-16)17(14-4-2-1-3-5-14)20-10-12-21(19)13-11-20/h1-9,17H,10-13H2. The van der Waals surface area contributed by atoms with Gasteiger partial charge in [0.15, 0.2) is 0 Å². The molecule has 2 nitrogen and oxygen atoms in total. The highest BCUT2D eigenvalue weighted by Crippen LogP contribution is 2.30. The van der Waals surface area contributed by atoms with Gasteiger partial charge in [0.2, 0.25) is 0 Å². The lowest BCUT2D eigenvalue weighted by Gasteiger charge is -2.36. The minimum absolute atomic E-state index is 0.150. The van der Waals surface area contributed by atoms with E-state index in [2.05, 4.69) is 29.2 Å². The Kier molecular flexibility index (Phi) is 4.54. The number of hydrogen-bond donors (Lipinski definition) is 0. The molecule has 1 aliphatic heterocycles. The number of hydrogen-bond acceptors (Lipinski definition) is 2. The van der Waals surface area contributed by atoms with Crippen molar-refractivity contribution in [2.24, 2.45) is 0 Å². The summed E-state index contributed by atoms with van der Waals surface area (Å²) in [6.07, 6.45) is 0. The summed E-state index contributed by atoms with van der Waals surface area (Å²) >= 11 is 6.00.